The highest BCUT2D eigenvalue weighted by Crippen LogP contribution is 2.26. The summed E-state index contributed by atoms with van der Waals surface area (Å²) in [5.41, 5.74) is -0.579. The zero-order valence-electron chi connectivity index (χ0n) is 6.62. The Morgan fingerprint density at radius 3 is 2.43 bits per heavy atom. The van der Waals surface area contributed by atoms with Crippen LogP contribution in [0.25, 0.3) is 0 Å². The quantitative estimate of drug-likeness (QED) is 0.627. The van der Waals surface area contributed by atoms with Crippen molar-refractivity contribution in [2.24, 2.45) is 0 Å². The number of rotatable bonds is 2. The number of hydrogen-bond acceptors (Lipinski definition) is 3. The molecule has 0 aromatic heterocycles. The van der Waals surface area contributed by atoms with Gasteiger partial charge in [0.1, 0.15) is 0 Å². The fraction of sp³-hybridized carbons (Fsp3) is 0. The van der Waals surface area contributed by atoms with Crippen LogP contribution in [0.15, 0.2) is 16.6 Å². The molecule has 0 unspecified atom stereocenters. The zero-order valence-corrected chi connectivity index (χ0v) is 8.21. The third-order valence-corrected chi connectivity index (χ3v) is 1.92. The Morgan fingerprint density at radius 1 is 1.36 bits per heavy atom. The molecule has 0 bridgehead atoms. The highest BCUT2D eigenvalue weighted by Gasteiger charge is 2.21. The number of phenols is 1. The van der Waals surface area contributed by atoms with Crippen molar-refractivity contribution in [2.45, 2.75) is 0 Å². The zero-order chi connectivity index (χ0) is 10.9. The van der Waals surface area contributed by atoms with Crippen LogP contribution >= 0.6 is 15.9 Å². The number of aromatic hydroxyl groups is 1. The maximum atomic E-state index is 12.8. The Kier molecular flexibility index (Phi) is 2.85. The number of carbonyl (C=O) groups excluding carboxylic acids is 1. The molecule has 0 saturated carbocycles. The molecule has 0 atom stereocenters. The molecule has 0 spiro atoms. The van der Waals surface area contributed by atoms with Crippen LogP contribution in [-0.4, -0.2) is 22.0 Å². The van der Waals surface area contributed by atoms with Crippen LogP contribution in [0.1, 0.15) is 10.4 Å². The Labute approximate surface area is 86.1 Å². The van der Waals surface area contributed by atoms with Crippen LogP contribution in [0.5, 0.6) is 5.75 Å². The predicted molar refractivity (Wildman–Crippen MR) is 47.7 cm³/mol. The summed E-state index contributed by atoms with van der Waals surface area (Å²) in [6.45, 7) is 0. The van der Waals surface area contributed by atoms with Crippen molar-refractivity contribution in [2.75, 3.05) is 0 Å². The number of ketones is 1. The summed E-state index contributed by atoms with van der Waals surface area (Å²) in [7, 11) is 0. The topological polar surface area (TPSA) is 74.6 Å². The van der Waals surface area contributed by atoms with Crippen molar-refractivity contribution in [3.05, 3.63) is 28.0 Å². The van der Waals surface area contributed by atoms with Crippen molar-refractivity contribution in [1.29, 1.82) is 0 Å². The maximum absolute atomic E-state index is 12.8. The summed E-state index contributed by atoms with van der Waals surface area (Å²) < 4.78 is 13.0. The summed E-state index contributed by atoms with van der Waals surface area (Å²) in [5, 5.41) is 17.4. The van der Waals surface area contributed by atoms with E-state index >= 15 is 0 Å². The fourth-order valence-corrected chi connectivity index (χ4v) is 1.28. The molecule has 4 nitrogen and oxygen atoms in total. The van der Waals surface area contributed by atoms with Crippen molar-refractivity contribution in [3.8, 4) is 5.75 Å². The van der Waals surface area contributed by atoms with Crippen molar-refractivity contribution in [3.63, 3.8) is 0 Å². The van der Waals surface area contributed by atoms with Gasteiger partial charge in [-0.3, -0.25) is 4.79 Å². The van der Waals surface area contributed by atoms with Gasteiger partial charge < -0.3 is 10.2 Å². The molecule has 0 heterocycles. The van der Waals surface area contributed by atoms with Gasteiger partial charge in [-0.25, -0.2) is 9.18 Å². The van der Waals surface area contributed by atoms with E-state index in [1.807, 2.05) is 0 Å². The van der Waals surface area contributed by atoms with E-state index in [1.165, 1.54) is 0 Å². The van der Waals surface area contributed by atoms with Gasteiger partial charge >= 0.3 is 5.97 Å². The van der Waals surface area contributed by atoms with Crippen molar-refractivity contribution >= 4 is 27.7 Å². The van der Waals surface area contributed by atoms with E-state index in [9.17, 15) is 14.0 Å². The van der Waals surface area contributed by atoms with Gasteiger partial charge in [-0.1, -0.05) is 15.9 Å². The summed E-state index contributed by atoms with van der Waals surface area (Å²) in [4.78, 5) is 21.2. The average Bonchev–Trinajstić information content (AvgIpc) is 2.09. The molecule has 1 aromatic rings. The number of hydrogen-bond donors (Lipinski definition) is 2. The maximum Gasteiger partial charge on any atom is 0.377 e. The highest BCUT2D eigenvalue weighted by molar-refractivity contribution is 9.10. The first-order chi connectivity index (χ1) is 6.43. The Bertz CT molecular complexity index is 416. The monoisotopic (exact) mass is 262 g/mol. The molecule has 74 valence electrons. The van der Waals surface area contributed by atoms with Gasteiger partial charge in [0.05, 0.1) is 5.56 Å². The highest BCUT2D eigenvalue weighted by atomic mass is 79.9. The summed E-state index contributed by atoms with van der Waals surface area (Å²) in [5.74, 6) is -5.12. The van der Waals surface area contributed by atoms with E-state index in [0.29, 0.717) is 0 Å². The largest absolute Gasteiger partial charge is 0.504 e. The molecule has 1 rings (SSSR count). The smallest absolute Gasteiger partial charge is 0.377 e. The van der Waals surface area contributed by atoms with Crippen LogP contribution in [0.2, 0.25) is 0 Å². The molecule has 1 aromatic carbocycles. The van der Waals surface area contributed by atoms with Crippen molar-refractivity contribution in [1.82, 2.24) is 0 Å². The Balaban J connectivity index is 3.34. The number of aliphatic carboxylic acids is 1. The minimum absolute atomic E-state index is 0.178. The minimum Gasteiger partial charge on any atom is -0.504 e. The second kappa shape index (κ2) is 3.75. The molecule has 0 aliphatic heterocycles. The second-order valence-corrected chi connectivity index (χ2v) is 3.33. The van der Waals surface area contributed by atoms with Gasteiger partial charge in [-0.05, 0) is 12.1 Å². The predicted octanol–water partition coefficient (Wildman–Crippen LogP) is 1.56. The fourth-order valence-electron chi connectivity index (χ4n) is 0.854. The van der Waals surface area contributed by atoms with Gasteiger partial charge in [0.15, 0.2) is 11.6 Å². The van der Waals surface area contributed by atoms with E-state index in [-0.39, 0.29) is 4.47 Å². The van der Waals surface area contributed by atoms with Gasteiger partial charge in [-0.2, -0.15) is 0 Å². The molecule has 0 aliphatic rings. The van der Waals surface area contributed by atoms with E-state index in [4.69, 9.17) is 10.2 Å². The summed E-state index contributed by atoms with van der Waals surface area (Å²) in [6.07, 6.45) is 0. The molecule has 0 radical (unpaired) electrons. The number of carbonyl (C=O) groups is 2. The molecule has 0 aliphatic carbocycles. The first kappa shape index (κ1) is 10.6. The minimum atomic E-state index is -1.75. The van der Waals surface area contributed by atoms with Crippen LogP contribution in [0.3, 0.4) is 0 Å². The SMILES string of the molecule is O=C(O)C(=O)c1cc(Br)cc(F)c1O. The third kappa shape index (κ3) is 1.90. The van der Waals surface area contributed by atoms with Gasteiger partial charge in [-0.15, -0.1) is 0 Å². The van der Waals surface area contributed by atoms with E-state index in [0.717, 1.165) is 12.1 Å². The van der Waals surface area contributed by atoms with Crippen LogP contribution in [-0.2, 0) is 4.79 Å². The molecular weight excluding hydrogens is 259 g/mol. The van der Waals surface area contributed by atoms with Crippen molar-refractivity contribution < 1.29 is 24.2 Å². The van der Waals surface area contributed by atoms with Crippen LogP contribution < -0.4 is 0 Å². The standard InChI is InChI=1S/C8H4BrFO4/c9-3-1-4(7(12)8(13)14)6(11)5(10)2-3/h1-2,11H,(H,13,14). The molecule has 2 N–H and O–H groups in total. The first-order valence-corrected chi connectivity index (χ1v) is 4.18. The number of carboxylic acids is 1. The van der Waals surface area contributed by atoms with E-state index in [1.54, 1.807) is 0 Å². The van der Waals surface area contributed by atoms with Crippen LogP contribution in [0, 0.1) is 5.82 Å². The Morgan fingerprint density at radius 2 is 1.93 bits per heavy atom. The lowest BCUT2D eigenvalue weighted by Gasteiger charge is -2.02. The Hall–Kier alpha value is -1.43. The van der Waals surface area contributed by atoms with E-state index in [2.05, 4.69) is 15.9 Å². The molecular formula is C8H4BrFO4. The lowest BCUT2D eigenvalue weighted by atomic mass is 10.1. The molecule has 14 heavy (non-hydrogen) atoms. The molecule has 0 saturated heterocycles. The van der Waals surface area contributed by atoms with Crippen LogP contribution in [0.4, 0.5) is 4.39 Å². The molecule has 6 heteroatoms. The van der Waals surface area contributed by atoms with Gasteiger partial charge in [0.25, 0.3) is 5.78 Å². The number of benzene rings is 1. The second-order valence-electron chi connectivity index (χ2n) is 2.42. The first-order valence-electron chi connectivity index (χ1n) is 3.39. The summed E-state index contributed by atoms with van der Waals surface area (Å²) >= 11 is 2.87. The lowest BCUT2D eigenvalue weighted by Crippen LogP contribution is -2.13. The molecule has 0 amide bonds. The van der Waals surface area contributed by atoms with Gasteiger partial charge in [0, 0.05) is 4.47 Å². The number of carboxylic acid groups (broad SMARTS) is 1. The summed E-state index contributed by atoms with van der Waals surface area (Å²) in [6, 6.07) is 1.96. The third-order valence-electron chi connectivity index (χ3n) is 1.47. The van der Waals surface area contributed by atoms with Gasteiger partial charge in [0.2, 0.25) is 0 Å². The number of halogens is 2. The number of Topliss-reactive ketones (excluding diaryl/α,β-unsaturated/α-hetero) is 1. The lowest BCUT2D eigenvalue weighted by molar-refractivity contribution is -0.131. The average molecular weight is 263 g/mol. The number of phenolic OH excluding ortho intramolecular Hbond substituents is 1. The van der Waals surface area contributed by atoms with E-state index < -0.39 is 28.9 Å². The molecule has 0 fully saturated rings. The normalized spacial score (nSPS) is 9.86.